The molecule has 0 aromatic heterocycles. The minimum absolute atomic E-state index is 0.138. The molecule has 0 aliphatic carbocycles. The summed E-state index contributed by atoms with van der Waals surface area (Å²) >= 11 is 0. The normalized spacial score (nSPS) is 11.4. The van der Waals surface area contributed by atoms with Crippen molar-refractivity contribution in [2.24, 2.45) is 0 Å². The molecule has 0 saturated heterocycles. The number of hydrogen-bond donors (Lipinski definition) is 0. The van der Waals surface area contributed by atoms with Gasteiger partial charge in [0, 0.05) is 26.7 Å². The van der Waals surface area contributed by atoms with Crippen molar-refractivity contribution in [2.45, 2.75) is 39.5 Å². The summed E-state index contributed by atoms with van der Waals surface area (Å²) in [5.41, 5.74) is 2.16. The molecule has 1 rings (SSSR count). The van der Waals surface area contributed by atoms with Crippen molar-refractivity contribution in [3.05, 3.63) is 35.4 Å². The van der Waals surface area contributed by atoms with Crippen LogP contribution < -0.4 is 0 Å². The van der Waals surface area contributed by atoms with E-state index in [4.69, 9.17) is 0 Å². The summed E-state index contributed by atoms with van der Waals surface area (Å²) in [6.45, 7) is 12.7. The van der Waals surface area contributed by atoms with Crippen LogP contribution >= 0.6 is 0 Å². The summed E-state index contributed by atoms with van der Waals surface area (Å²) < 4.78 is 0. The smallest absolute Gasteiger partial charge is 0.253 e. The molecule has 1 amide bonds. The molecule has 0 fully saturated rings. The van der Waals surface area contributed by atoms with E-state index in [2.05, 4.69) is 31.8 Å². The van der Waals surface area contributed by atoms with Crippen molar-refractivity contribution in [1.82, 2.24) is 4.90 Å². The molecule has 0 spiro atoms. The zero-order chi connectivity index (χ0) is 13.8. The molecule has 2 nitrogen and oxygen atoms in total. The summed E-state index contributed by atoms with van der Waals surface area (Å²) in [6.07, 6.45) is 0. The van der Waals surface area contributed by atoms with E-state index in [-0.39, 0.29) is 5.91 Å². The van der Waals surface area contributed by atoms with Crippen LogP contribution in [0.15, 0.2) is 24.3 Å². The maximum atomic E-state index is 12.1. The lowest BCUT2D eigenvalue weighted by Gasteiger charge is -2.19. The maximum Gasteiger partial charge on any atom is 0.253 e. The second kappa shape index (κ2) is 6.18. The SMILES string of the molecule is CCN(CC)C(=O)c1ccc(C[Si](C)(C)C)cc1. The molecule has 0 saturated carbocycles. The van der Waals surface area contributed by atoms with Gasteiger partial charge in [-0.3, -0.25) is 4.79 Å². The van der Waals surface area contributed by atoms with Crippen LogP contribution in [0.4, 0.5) is 0 Å². The third-order valence-corrected chi connectivity index (χ3v) is 4.45. The van der Waals surface area contributed by atoms with E-state index < -0.39 is 8.07 Å². The molecule has 0 N–H and O–H groups in total. The van der Waals surface area contributed by atoms with Crippen molar-refractivity contribution < 1.29 is 4.79 Å². The quantitative estimate of drug-likeness (QED) is 0.743. The van der Waals surface area contributed by atoms with Crippen LogP contribution in [-0.2, 0) is 6.04 Å². The fraction of sp³-hybridized carbons (Fsp3) is 0.533. The minimum Gasteiger partial charge on any atom is -0.339 e. The van der Waals surface area contributed by atoms with Gasteiger partial charge in [0.05, 0.1) is 0 Å². The lowest BCUT2D eigenvalue weighted by Crippen LogP contribution is -2.30. The van der Waals surface area contributed by atoms with E-state index in [0.717, 1.165) is 18.7 Å². The molecule has 0 aliphatic rings. The zero-order valence-electron chi connectivity index (χ0n) is 12.3. The van der Waals surface area contributed by atoms with Crippen molar-refractivity contribution in [1.29, 1.82) is 0 Å². The predicted octanol–water partition coefficient (Wildman–Crippen LogP) is 3.59. The molecule has 100 valence electrons. The Hall–Kier alpha value is -1.09. The average Bonchev–Trinajstić information content (AvgIpc) is 2.29. The minimum atomic E-state index is -1.07. The fourth-order valence-electron chi connectivity index (χ4n) is 2.07. The Morgan fingerprint density at radius 1 is 1.06 bits per heavy atom. The number of hydrogen-bond acceptors (Lipinski definition) is 1. The van der Waals surface area contributed by atoms with Crippen molar-refractivity contribution in [2.75, 3.05) is 13.1 Å². The van der Waals surface area contributed by atoms with E-state index in [1.165, 1.54) is 11.6 Å². The van der Waals surface area contributed by atoms with E-state index in [9.17, 15) is 4.79 Å². The first-order valence-corrected chi connectivity index (χ1v) is 10.5. The number of amides is 1. The summed E-state index contributed by atoms with van der Waals surface area (Å²) in [5, 5.41) is 0. The van der Waals surface area contributed by atoms with Gasteiger partial charge in [-0.05, 0) is 32.0 Å². The van der Waals surface area contributed by atoms with Crippen LogP contribution in [0, 0.1) is 0 Å². The van der Waals surface area contributed by atoms with Gasteiger partial charge in [-0.15, -0.1) is 0 Å². The van der Waals surface area contributed by atoms with Gasteiger partial charge in [-0.2, -0.15) is 0 Å². The number of benzene rings is 1. The van der Waals surface area contributed by atoms with Crippen LogP contribution in [0.25, 0.3) is 0 Å². The summed E-state index contributed by atoms with van der Waals surface area (Å²) in [6, 6.07) is 9.32. The molecule has 0 radical (unpaired) electrons. The van der Waals surface area contributed by atoms with Crippen molar-refractivity contribution >= 4 is 14.0 Å². The molecule has 3 heteroatoms. The Labute approximate surface area is 112 Å². The number of carbonyl (C=O) groups is 1. The Kier molecular flexibility index (Phi) is 5.14. The first kappa shape index (κ1) is 15.0. The topological polar surface area (TPSA) is 20.3 Å². The number of nitrogens with zero attached hydrogens (tertiary/aromatic N) is 1. The van der Waals surface area contributed by atoms with Crippen molar-refractivity contribution in [3.8, 4) is 0 Å². The highest BCUT2D eigenvalue weighted by Gasteiger charge is 2.15. The largest absolute Gasteiger partial charge is 0.339 e. The number of rotatable bonds is 5. The lowest BCUT2D eigenvalue weighted by molar-refractivity contribution is 0.0773. The Morgan fingerprint density at radius 2 is 1.56 bits per heavy atom. The Bertz CT molecular complexity index is 388. The van der Waals surface area contributed by atoms with Gasteiger partial charge in [0.15, 0.2) is 0 Å². The first-order valence-electron chi connectivity index (χ1n) is 6.75. The highest BCUT2D eigenvalue weighted by atomic mass is 28.3. The van der Waals surface area contributed by atoms with E-state index in [1.54, 1.807) is 0 Å². The summed E-state index contributed by atoms with van der Waals surface area (Å²) in [4.78, 5) is 14.0. The standard InChI is InChI=1S/C15H25NOSi/c1-6-16(7-2)15(17)14-10-8-13(9-11-14)12-18(3,4)5/h8-11H,6-7,12H2,1-5H3. The molecule has 1 aromatic rings. The molecule has 0 atom stereocenters. The van der Waals surface area contributed by atoms with Crippen LogP contribution in [0.3, 0.4) is 0 Å². The molecular weight excluding hydrogens is 238 g/mol. The Balaban J connectivity index is 2.79. The molecule has 18 heavy (non-hydrogen) atoms. The highest BCUT2D eigenvalue weighted by molar-refractivity contribution is 6.75. The van der Waals surface area contributed by atoms with Crippen LogP contribution in [-0.4, -0.2) is 32.0 Å². The average molecular weight is 263 g/mol. The second-order valence-corrected chi connectivity index (χ2v) is 11.4. The third-order valence-electron chi connectivity index (χ3n) is 2.99. The number of carbonyl (C=O) groups excluding carboxylic acids is 1. The van der Waals surface area contributed by atoms with Gasteiger partial charge in [0.2, 0.25) is 0 Å². The zero-order valence-corrected chi connectivity index (χ0v) is 13.3. The van der Waals surface area contributed by atoms with Crippen molar-refractivity contribution in [3.63, 3.8) is 0 Å². The van der Waals surface area contributed by atoms with Gasteiger partial charge < -0.3 is 4.90 Å². The third kappa shape index (κ3) is 4.30. The molecular formula is C15H25NOSi. The van der Waals surface area contributed by atoms with Crippen LogP contribution in [0.2, 0.25) is 19.6 Å². The monoisotopic (exact) mass is 263 g/mol. The van der Waals surface area contributed by atoms with E-state index in [1.807, 2.05) is 30.9 Å². The van der Waals surface area contributed by atoms with E-state index >= 15 is 0 Å². The lowest BCUT2D eigenvalue weighted by atomic mass is 10.1. The van der Waals surface area contributed by atoms with Crippen LogP contribution in [0.5, 0.6) is 0 Å². The summed E-state index contributed by atoms with van der Waals surface area (Å²) in [5.74, 6) is 0.138. The van der Waals surface area contributed by atoms with Gasteiger partial charge in [-0.25, -0.2) is 0 Å². The molecule has 0 unspecified atom stereocenters. The van der Waals surface area contributed by atoms with Crippen LogP contribution in [0.1, 0.15) is 29.8 Å². The Morgan fingerprint density at radius 3 is 1.94 bits per heavy atom. The van der Waals surface area contributed by atoms with Gasteiger partial charge in [0.1, 0.15) is 0 Å². The van der Waals surface area contributed by atoms with Gasteiger partial charge in [-0.1, -0.05) is 37.3 Å². The predicted molar refractivity (Wildman–Crippen MR) is 80.7 cm³/mol. The maximum absolute atomic E-state index is 12.1. The second-order valence-electron chi connectivity index (χ2n) is 5.91. The summed E-state index contributed by atoms with van der Waals surface area (Å²) in [7, 11) is -1.07. The van der Waals surface area contributed by atoms with Gasteiger partial charge >= 0.3 is 0 Å². The molecule has 0 heterocycles. The van der Waals surface area contributed by atoms with E-state index in [0.29, 0.717) is 0 Å². The fourth-order valence-corrected chi connectivity index (χ4v) is 3.53. The first-order chi connectivity index (χ1) is 8.37. The molecule has 0 aliphatic heterocycles. The molecule has 1 aromatic carbocycles. The molecule has 0 bridgehead atoms. The van der Waals surface area contributed by atoms with Gasteiger partial charge in [0.25, 0.3) is 5.91 Å². The highest BCUT2D eigenvalue weighted by Crippen LogP contribution is 2.13.